The minimum absolute atomic E-state index is 0.221. The highest BCUT2D eigenvalue weighted by molar-refractivity contribution is 7.89. The van der Waals surface area contributed by atoms with Crippen molar-refractivity contribution in [2.75, 3.05) is 13.7 Å². The van der Waals surface area contributed by atoms with Gasteiger partial charge in [-0.25, -0.2) is 13.1 Å². The van der Waals surface area contributed by atoms with E-state index in [0.717, 1.165) is 22.5 Å². The summed E-state index contributed by atoms with van der Waals surface area (Å²) in [7, 11) is -0.107. The van der Waals surface area contributed by atoms with Gasteiger partial charge in [0, 0.05) is 24.8 Å². The summed E-state index contributed by atoms with van der Waals surface area (Å²) in [5, 5.41) is 4.37. The summed E-state index contributed by atoms with van der Waals surface area (Å²) < 4.78 is 35.3. The van der Waals surface area contributed by atoms with Crippen molar-refractivity contribution >= 4 is 10.0 Å². The van der Waals surface area contributed by atoms with E-state index in [9.17, 15) is 8.42 Å². The van der Waals surface area contributed by atoms with Gasteiger partial charge in [-0.1, -0.05) is 20.8 Å². The first-order valence-corrected chi connectivity index (χ1v) is 10.1. The van der Waals surface area contributed by atoms with Gasteiger partial charge in [0.05, 0.1) is 17.7 Å². The average molecular weight is 380 g/mol. The molecule has 1 aromatic heterocycles. The van der Waals surface area contributed by atoms with Crippen LogP contribution in [0.1, 0.15) is 43.3 Å². The number of aryl methyl sites for hydroxylation is 2. The molecule has 0 aliphatic heterocycles. The molecule has 0 bridgehead atoms. The van der Waals surface area contributed by atoms with Crippen LogP contribution in [0.5, 0.6) is 5.75 Å². The first-order chi connectivity index (χ1) is 12.0. The number of benzene rings is 1. The summed E-state index contributed by atoms with van der Waals surface area (Å²) in [5.41, 5.74) is 3.72. The lowest BCUT2D eigenvalue weighted by molar-refractivity contribution is 0.397. The Morgan fingerprint density at radius 2 is 1.88 bits per heavy atom. The molecular weight excluding hydrogens is 350 g/mol. The van der Waals surface area contributed by atoms with Crippen LogP contribution in [0.3, 0.4) is 0 Å². The third-order valence-electron chi connectivity index (χ3n) is 4.62. The monoisotopic (exact) mass is 379 g/mol. The van der Waals surface area contributed by atoms with Gasteiger partial charge in [0.15, 0.2) is 0 Å². The quantitative estimate of drug-likeness (QED) is 0.838. The zero-order valence-electron chi connectivity index (χ0n) is 16.7. The summed E-state index contributed by atoms with van der Waals surface area (Å²) in [4.78, 5) is 0.253. The average Bonchev–Trinajstić information content (AvgIpc) is 2.79. The van der Waals surface area contributed by atoms with Crippen molar-refractivity contribution in [2.45, 2.75) is 51.3 Å². The second kappa shape index (κ2) is 7.40. The maximum absolute atomic E-state index is 12.7. The van der Waals surface area contributed by atoms with Crippen molar-refractivity contribution in [1.29, 1.82) is 0 Å². The Kier molecular flexibility index (Phi) is 5.82. The SMILES string of the molecule is COc1ccc(S(=O)(=O)NCCc2c(C)nn(C)c2C)cc1C(C)(C)C. The van der Waals surface area contributed by atoms with Crippen LogP contribution in [-0.2, 0) is 28.9 Å². The van der Waals surface area contributed by atoms with Gasteiger partial charge in [-0.2, -0.15) is 5.10 Å². The Balaban J connectivity index is 2.20. The molecule has 0 saturated carbocycles. The highest BCUT2D eigenvalue weighted by Gasteiger charge is 2.23. The molecular formula is C19H29N3O3S. The molecule has 0 fully saturated rings. The van der Waals surface area contributed by atoms with Gasteiger partial charge < -0.3 is 4.74 Å². The summed E-state index contributed by atoms with van der Waals surface area (Å²) in [6.45, 7) is 10.3. The number of hydrogen-bond donors (Lipinski definition) is 1. The molecule has 0 amide bonds. The van der Waals surface area contributed by atoms with Gasteiger partial charge in [-0.05, 0) is 49.4 Å². The highest BCUT2D eigenvalue weighted by Crippen LogP contribution is 2.33. The molecule has 1 heterocycles. The van der Waals surface area contributed by atoms with Crippen LogP contribution in [-0.4, -0.2) is 31.9 Å². The fourth-order valence-electron chi connectivity index (χ4n) is 3.01. The Bertz CT molecular complexity index is 893. The van der Waals surface area contributed by atoms with Crippen LogP contribution in [0.25, 0.3) is 0 Å². The van der Waals surface area contributed by atoms with Gasteiger partial charge in [0.25, 0.3) is 0 Å². The molecule has 0 aliphatic rings. The van der Waals surface area contributed by atoms with E-state index < -0.39 is 10.0 Å². The predicted molar refractivity (Wildman–Crippen MR) is 103 cm³/mol. The van der Waals surface area contributed by atoms with E-state index in [1.165, 1.54) is 0 Å². The van der Waals surface area contributed by atoms with Crippen LogP contribution >= 0.6 is 0 Å². The lowest BCUT2D eigenvalue weighted by Gasteiger charge is -2.23. The molecule has 0 spiro atoms. The zero-order chi connectivity index (χ0) is 19.7. The van der Waals surface area contributed by atoms with E-state index in [0.29, 0.717) is 18.7 Å². The van der Waals surface area contributed by atoms with Crippen LogP contribution in [0, 0.1) is 13.8 Å². The first-order valence-electron chi connectivity index (χ1n) is 8.64. The van der Waals surface area contributed by atoms with Gasteiger partial charge in [0.2, 0.25) is 10.0 Å². The van der Waals surface area contributed by atoms with Crippen LogP contribution in [0.2, 0.25) is 0 Å². The normalized spacial score (nSPS) is 12.4. The summed E-state index contributed by atoms with van der Waals surface area (Å²) >= 11 is 0. The molecule has 2 aromatic rings. The third kappa shape index (κ3) is 4.27. The minimum Gasteiger partial charge on any atom is -0.496 e. The number of nitrogens with zero attached hydrogens (tertiary/aromatic N) is 2. The second-order valence-electron chi connectivity index (χ2n) is 7.53. The van der Waals surface area contributed by atoms with Crippen molar-refractivity contribution < 1.29 is 13.2 Å². The van der Waals surface area contributed by atoms with Crippen molar-refractivity contribution in [1.82, 2.24) is 14.5 Å². The minimum atomic E-state index is -3.59. The van der Waals surface area contributed by atoms with Crippen molar-refractivity contribution in [2.24, 2.45) is 7.05 Å². The topological polar surface area (TPSA) is 73.2 Å². The molecule has 1 N–H and O–H groups in total. The summed E-state index contributed by atoms with van der Waals surface area (Å²) in [5.74, 6) is 0.693. The molecule has 1 aromatic carbocycles. The predicted octanol–water partition coefficient (Wildman–Crippen LogP) is 2.86. The number of sulfonamides is 1. The molecule has 0 saturated heterocycles. The maximum Gasteiger partial charge on any atom is 0.240 e. The van der Waals surface area contributed by atoms with E-state index in [1.54, 1.807) is 25.3 Å². The Morgan fingerprint density at radius 1 is 1.23 bits per heavy atom. The van der Waals surface area contributed by atoms with Crippen molar-refractivity contribution in [3.8, 4) is 5.75 Å². The first kappa shape index (κ1) is 20.5. The summed E-state index contributed by atoms with van der Waals surface area (Å²) in [6.07, 6.45) is 0.604. The molecule has 0 radical (unpaired) electrons. The number of hydrogen-bond acceptors (Lipinski definition) is 4. The number of nitrogens with one attached hydrogen (secondary N) is 1. The number of ether oxygens (including phenoxy) is 1. The van der Waals surface area contributed by atoms with Crippen molar-refractivity contribution in [3.05, 3.63) is 40.7 Å². The second-order valence-corrected chi connectivity index (χ2v) is 9.30. The fourth-order valence-corrected chi connectivity index (χ4v) is 4.07. The van der Waals surface area contributed by atoms with Gasteiger partial charge in [-0.15, -0.1) is 0 Å². The molecule has 0 aliphatic carbocycles. The molecule has 144 valence electrons. The molecule has 26 heavy (non-hydrogen) atoms. The van der Waals surface area contributed by atoms with Crippen LogP contribution < -0.4 is 9.46 Å². The van der Waals surface area contributed by atoms with E-state index in [2.05, 4.69) is 9.82 Å². The number of aromatic nitrogens is 2. The Morgan fingerprint density at radius 3 is 2.38 bits per heavy atom. The lowest BCUT2D eigenvalue weighted by atomic mass is 9.86. The van der Waals surface area contributed by atoms with Crippen molar-refractivity contribution in [3.63, 3.8) is 0 Å². The fraction of sp³-hybridized carbons (Fsp3) is 0.526. The molecule has 7 heteroatoms. The zero-order valence-corrected chi connectivity index (χ0v) is 17.5. The van der Waals surface area contributed by atoms with E-state index in [-0.39, 0.29) is 10.3 Å². The van der Waals surface area contributed by atoms with Gasteiger partial charge in [-0.3, -0.25) is 4.68 Å². The largest absolute Gasteiger partial charge is 0.496 e. The molecule has 6 nitrogen and oxygen atoms in total. The highest BCUT2D eigenvalue weighted by atomic mass is 32.2. The number of methoxy groups -OCH3 is 1. The molecule has 0 atom stereocenters. The molecule has 0 unspecified atom stereocenters. The number of rotatable bonds is 6. The van der Waals surface area contributed by atoms with E-state index >= 15 is 0 Å². The van der Waals surface area contributed by atoms with E-state index in [1.807, 2.05) is 46.3 Å². The van der Waals surface area contributed by atoms with Gasteiger partial charge in [0.1, 0.15) is 5.75 Å². The Hall–Kier alpha value is -1.86. The maximum atomic E-state index is 12.7. The lowest BCUT2D eigenvalue weighted by Crippen LogP contribution is -2.27. The smallest absolute Gasteiger partial charge is 0.240 e. The summed E-state index contributed by atoms with van der Waals surface area (Å²) in [6, 6.07) is 4.99. The molecule has 2 rings (SSSR count). The Labute approximate surface area is 156 Å². The van der Waals surface area contributed by atoms with Crippen LogP contribution in [0.15, 0.2) is 23.1 Å². The van der Waals surface area contributed by atoms with E-state index in [4.69, 9.17) is 4.74 Å². The van der Waals surface area contributed by atoms with Gasteiger partial charge >= 0.3 is 0 Å². The third-order valence-corrected chi connectivity index (χ3v) is 6.07. The van der Waals surface area contributed by atoms with Crippen LogP contribution in [0.4, 0.5) is 0 Å². The standard InChI is InChI=1S/C19H29N3O3S/c1-13-16(14(2)22(6)21-13)10-11-20-26(23,24)15-8-9-18(25-7)17(12-15)19(3,4)5/h8-9,12,20H,10-11H2,1-7H3.